The van der Waals surface area contributed by atoms with Gasteiger partial charge < -0.3 is 14.4 Å². The fourth-order valence-electron chi connectivity index (χ4n) is 1.12. The molecule has 4 heteroatoms. The molecule has 0 fully saturated rings. The molecule has 0 radical (unpaired) electrons. The molecule has 0 saturated carbocycles. The van der Waals surface area contributed by atoms with Crippen molar-refractivity contribution in [2.45, 2.75) is 26.3 Å². The monoisotopic (exact) mass is 289 g/mol. The third kappa shape index (κ3) is 12.0. The van der Waals surface area contributed by atoms with Gasteiger partial charge in [-0.2, -0.15) is 0 Å². The lowest BCUT2D eigenvalue weighted by molar-refractivity contribution is 0.146. The van der Waals surface area contributed by atoms with Gasteiger partial charge in [-0.05, 0) is 39.6 Å². The average Bonchev–Trinajstić information content (AvgIpc) is 2.40. The zero-order valence-electron chi connectivity index (χ0n) is 12.8. The highest BCUT2D eigenvalue weighted by Gasteiger charge is 1.97. The Morgan fingerprint density at radius 3 is 2.05 bits per heavy atom. The zero-order valence-corrected chi connectivity index (χ0v) is 13.6. The predicted octanol–water partition coefficient (Wildman–Crippen LogP) is 3.48. The van der Waals surface area contributed by atoms with E-state index in [1.807, 2.05) is 30.3 Å². The smallest absolute Gasteiger partial charge is 0.119 e. The van der Waals surface area contributed by atoms with Crippen LogP contribution in [0.4, 0.5) is 0 Å². The number of benzene rings is 1. The van der Waals surface area contributed by atoms with Crippen LogP contribution in [0.2, 0.25) is 0 Å². The van der Waals surface area contributed by atoms with Gasteiger partial charge in [0.25, 0.3) is 0 Å². The van der Waals surface area contributed by atoms with Gasteiger partial charge in [-0.1, -0.05) is 25.1 Å². The summed E-state index contributed by atoms with van der Waals surface area (Å²) in [6.07, 6.45) is 1.24. The van der Waals surface area contributed by atoms with Crippen molar-refractivity contribution in [2.75, 3.05) is 34.4 Å². The van der Waals surface area contributed by atoms with Gasteiger partial charge in [0, 0.05) is 13.2 Å². The standard InChI is InChI=1S/C9H12O2.C6H15N.ClH/c1-10-7-8-11-9-5-3-2-4-6-9;1-5-6(2)7(3)4;/h2-6H,7-8H2,1H3;6H,5H2,1-4H3;1H. The number of para-hydroxylation sites is 1. The summed E-state index contributed by atoms with van der Waals surface area (Å²) in [7, 11) is 5.87. The summed E-state index contributed by atoms with van der Waals surface area (Å²) in [6, 6.07) is 10.4. The van der Waals surface area contributed by atoms with Gasteiger partial charge in [-0.25, -0.2) is 0 Å². The van der Waals surface area contributed by atoms with Crippen molar-refractivity contribution in [2.24, 2.45) is 0 Å². The minimum absolute atomic E-state index is 0. The minimum atomic E-state index is 0. The maximum atomic E-state index is 5.32. The van der Waals surface area contributed by atoms with Crippen LogP contribution >= 0.6 is 12.4 Å². The van der Waals surface area contributed by atoms with E-state index >= 15 is 0 Å². The Bertz CT molecular complexity index is 281. The number of methoxy groups -OCH3 is 1. The number of rotatable bonds is 6. The van der Waals surface area contributed by atoms with E-state index in [1.165, 1.54) is 6.42 Å². The second-order valence-corrected chi connectivity index (χ2v) is 4.38. The molecular weight excluding hydrogens is 262 g/mol. The topological polar surface area (TPSA) is 21.7 Å². The second-order valence-electron chi connectivity index (χ2n) is 4.38. The van der Waals surface area contributed by atoms with E-state index in [0.29, 0.717) is 13.2 Å². The average molecular weight is 290 g/mol. The van der Waals surface area contributed by atoms with Crippen LogP contribution in [0.5, 0.6) is 5.75 Å². The summed E-state index contributed by atoms with van der Waals surface area (Å²) in [5, 5.41) is 0. The van der Waals surface area contributed by atoms with Crippen molar-refractivity contribution in [3.8, 4) is 5.75 Å². The fraction of sp³-hybridized carbons (Fsp3) is 0.600. The first-order valence-electron chi connectivity index (χ1n) is 6.45. The van der Waals surface area contributed by atoms with E-state index in [-0.39, 0.29) is 12.4 Å². The van der Waals surface area contributed by atoms with Crippen molar-refractivity contribution in [3.63, 3.8) is 0 Å². The summed E-state index contributed by atoms with van der Waals surface area (Å²) < 4.78 is 10.2. The van der Waals surface area contributed by atoms with E-state index in [2.05, 4.69) is 32.8 Å². The Morgan fingerprint density at radius 1 is 1.11 bits per heavy atom. The molecule has 0 bridgehead atoms. The van der Waals surface area contributed by atoms with E-state index < -0.39 is 0 Å². The lowest BCUT2D eigenvalue weighted by Crippen LogP contribution is -2.23. The van der Waals surface area contributed by atoms with Crippen LogP contribution < -0.4 is 4.74 Å². The summed E-state index contributed by atoms with van der Waals surface area (Å²) >= 11 is 0. The second kappa shape index (κ2) is 13.7. The molecule has 0 aliphatic carbocycles. The molecule has 1 atom stereocenters. The van der Waals surface area contributed by atoms with Crippen molar-refractivity contribution in [1.82, 2.24) is 4.90 Å². The normalized spacial score (nSPS) is 11.1. The maximum Gasteiger partial charge on any atom is 0.119 e. The van der Waals surface area contributed by atoms with Crippen LogP contribution in [0.1, 0.15) is 20.3 Å². The Morgan fingerprint density at radius 2 is 1.68 bits per heavy atom. The molecule has 0 aliphatic heterocycles. The van der Waals surface area contributed by atoms with Crippen LogP contribution in [0, 0.1) is 0 Å². The molecule has 0 amide bonds. The molecule has 0 aliphatic rings. The quantitative estimate of drug-likeness (QED) is 0.749. The van der Waals surface area contributed by atoms with Gasteiger partial charge in [0.05, 0.1) is 6.61 Å². The number of hydrogen-bond acceptors (Lipinski definition) is 3. The van der Waals surface area contributed by atoms with E-state index in [9.17, 15) is 0 Å². The highest BCUT2D eigenvalue weighted by atomic mass is 35.5. The molecule has 3 nitrogen and oxygen atoms in total. The summed E-state index contributed by atoms with van der Waals surface area (Å²) in [5.41, 5.74) is 0. The number of halogens is 1. The Labute approximate surface area is 124 Å². The molecule has 0 N–H and O–H groups in total. The third-order valence-corrected chi connectivity index (χ3v) is 2.77. The Hall–Kier alpha value is -0.770. The highest BCUT2D eigenvalue weighted by molar-refractivity contribution is 5.85. The SMILES string of the molecule is CCC(C)N(C)C.COCCOc1ccccc1.Cl. The summed E-state index contributed by atoms with van der Waals surface area (Å²) in [6.45, 7) is 5.67. The summed E-state index contributed by atoms with van der Waals surface area (Å²) in [5.74, 6) is 0.893. The lowest BCUT2D eigenvalue weighted by Gasteiger charge is -2.16. The summed E-state index contributed by atoms with van der Waals surface area (Å²) in [4.78, 5) is 2.22. The van der Waals surface area contributed by atoms with Crippen molar-refractivity contribution in [1.29, 1.82) is 0 Å². The van der Waals surface area contributed by atoms with Crippen molar-refractivity contribution in [3.05, 3.63) is 30.3 Å². The van der Waals surface area contributed by atoms with Crippen LogP contribution in [-0.4, -0.2) is 45.4 Å². The van der Waals surface area contributed by atoms with Crippen LogP contribution in [0.15, 0.2) is 30.3 Å². The molecule has 0 heterocycles. The highest BCUT2D eigenvalue weighted by Crippen LogP contribution is 2.07. The first-order chi connectivity index (χ1) is 8.61. The van der Waals surface area contributed by atoms with E-state index in [4.69, 9.17) is 9.47 Å². The van der Waals surface area contributed by atoms with Gasteiger partial charge >= 0.3 is 0 Å². The first-order valence-corrected chi connectivity index (χ1v) is 6.45. The lowest BCUT2D eigenvalue weighted by atomic mass is 10.2. The van der Waals surface area contributed by atoms with Crippen molar-refractivity contribution >= 4 is 12.4 Å². The molecule has 1 aromatic rings. The van der Waals surface area contributed by atoms with Gasteiger partial charge in [-0.3, -0.25) is 0 Å². The molecule has 1 aromatic carbocycles. The molecule has 0 saturated heterocycles. The largest absolute Gasteiger partial charge is 0.491 e. The molecule has 0 spiro atoms. The molecule has 1 unspecified atom stereocenters. The van der Waals surface area contributed by atoms with E-state index in [0.717, 1.165) is 11.8 Å². The minimum Gasteiger partial charge on any atom is -0.491 e. The van der Waals surface area contributed by atoms with E-state index in [1.54, 1.807) is 7.11 Å². The molecule has 1 rings (SSSR count). The predicted molar refractivity (Wildman–Crippen MR) is 84.5 cm³/mol. The Balaban J connectivity index is 0. The van der Waals surface area contributed by atoms with Crippen molar-refractivity contribution < 1.29 is 9.47 Å². The van der Waals surface area contributed by atoms with Crippen LogP contribution in [0.3, 0.4) is 0 Å². The number of ether oxygens (including phenoxy) is 2. The molecule has 19 heavy (non-hydrogen) atoms. The van der Waals surface area contributed by atoms with Gasteiger partial charge in [0.2, 0.25) is 0 Å². The Kier molecular flexibility index (Phi) is 14.8. The molecular formula is C15H28ClNO2. The van der Waals surface area contributed by atoms with Gasteiger partial charge in [0.15, 0.2) is 0 Å². The van der Waals surface area contributed by atoms with Gasteiger partial charge in [0.1, 0.15) is 12.4 Å². The fourth-order valence-corrected chi connectivity index (χ4v) is 1.12. The van der Waals surface area contributed by atoms with Gasteiger partial charge in [-0.15, -0.1) is 12.4 Å². The first kappa shape index (κ1) is 20.5. The molecule has 0 aromatic heterocycles. The maximum absolute atomic E-state index is 5.32. The number of nitrogens with zero attached hydrogens (tertiary/aromatic N) is 1. The third-order valence-electron chi connectivity index (χ3n) is 2.77. The molecule has 112 valence electrons. The van der Waals surface area contributed by atoms with Crippen LogP contribution in [0.25, 0.3) is 0 Å². The van der Waals surface area contributed by atoms with Crippen LogP contribution in [-0.2, 0) is 4.74 Å². The number of hydrogen-bond donors (Lipinski definition) is 0. The zero-order chi connectivity index (χ0) is 13.8.